The number of aliphatic hydroxyl groups excluding tert-OH is 1. The fourth-order valence-corrected chi connectivity index (χ4v) is 13.6. The number of phosphoric acid groups is 2. The third-order valence-corrected chi connectivity index (χ3v) is 20.5. The highest BCUT2D eigenvalue weighted by molar-refractivity contribution is 7.47. The lowest BCUT2D eigenvalue weighted by Crippen LogP contribution is -2.30. The van der Waals surface area contributed by atoms with E-state index in [1.807, 2.05) is 0 Å². The summed E-state index contributed by atoms with van der Waals surface area (Å²) in [5, 5.41) is 10.6. The average molecular weight is 1420 g/mol. The second-order valence-electron chi connectivity index (χ2n) is 28.8. The van der Waals surface area contributed by atoms with Gasteiger partial charge in [0, 0.05) is 25.7 Å². The van der Waals surface area contributed by atoms with E-state index in [1.54, 1.807) is 0 Å². The summed E-state index contributed by atoms with van der Waals surface area (Å²) in [6.07, 6.45) is 58.8. The van der Waals surface area contributed by atoms with Crippen molar-refractivity contribution in [3.8, 4) is 0 Å². The van der Waals surface area contributed by atoms with Crippen molar-refractivity contribution in [1.29, 1.82) is 0 Å². The molecule has 0 fully saturated rings. The van der Waals surface area contributed by atoms with E-state index in [1.165, 1.54) is 199 Å². The molecule has 0 aromatic heterocycles. The van der Waals surface area contributed by atoms with Gasteiger partial charge >= 0.3 is 39.5 Å². The van der Waals surface area contributed by atoms with Gasteiger partial charge in [-0.1, -0.05) is 356 Å². The van der Waals surface area contributed by atoms with E-state index < -0.39 is 97.5 Å². The van der Waals surface area contributed by atoms with Crippen molar-refractivity contribution in [1.82, 2.24) is 0 Å². The fourth-order valence-electron chi connectivity index (χ4n) is 12.0. The van der Waals surface area contributed by atoms with Crippen molar-refractivity contribution in [2.75, 3.05) is 39.6 Å². The van der Waals surface area contributed by atoms with Crippen LogP contribution in [0.1, 0.15) is 408 Å². The molecule has 97 heavy (non-hydrogen) atoms. The standard InChI is InChI=1S/C78H152O17P2/c1-7-10-12-14-40-48-54-60-75(80)88-66-73(94-77(82)62-56-50-41-15-13-11-8-2)68-92-96(84,85)90-64-72(79)65-91-97(86,87)93-69-74(67-89-76(81)61-55-49-44-38-34-30-26-22-18-16-20-24-28-32-36-42-46-52-58-70(4)5)95-78(83)63-57-51-45-39-35-31-27-23-19-17-21-25-29-33-37-43-47-53-59-71(6)9-3/h70-74,79H,7-69H2,1-6H3,(H,84,85)(H,86,87)/t71?,72-,73+,74+/m0/s1. The van der Waals surface area contributed by atoms with Gasteiger partial charge in [0.2, 0.25) is 0 Å². The lowest BCUT2D eigenvalue weighted by atomic mass is 9.99. The van der Waals surface area contributed by atoms with Gasteiger partial charge < -0.3 is 33.8 Å². The number of carbonyl (C=O) groups is 4. The van der Waals surface area contributed by atoms with E-state index in [0.29, 0.717) is 25.7 Å². The molecule has 19 heteroatoms. The summed E-state index contributed by atoms with van der Waals surface area (Å²) in [4.78, 5) is 72.5. The fraction of sp³-hybridized carbons (Fsp3) is 0.949. The molecule has 0 heterocycles. The van der Waals surface area contributed by atoms with Crippen LogP contribution in [0.4, 0.5) is 0 Å². The first-order valence-corrected chi connectivity index (χ1v) is 43.5. The summed E-state index contributed by atoms with van der Waals surface area (Å²) in [6.45, 7) is 9.62. The molecule has 0 radical (unpaired) electrons. The van der Waals surface area contributed by atoms with Crippen molar-refractivity contribution < 1.29 is 80.2 Å². The van der Waals surface area contributed by atoms with Gasteiger partial charge in [0.05, 0.1) is 26.4 Å². The molecule has 0 aromatic rings. The Kier molecular flexibility index (Phi) is 68.4. The van der Waals surface area contributed by atoms with Gasteiger partial charge in [-0.3, -0.25) is 37.3 Å². The Morgan fingerprint density at radius 3 is 0.784 bits per heavy atom. The molecule has 0 saturated carbocycles. The average Bonchev–Trinajstić information content (AvgIpc) is 1.86. The predicted octanol–water partition coefficient (Wildman–Crippen LogP) is 23.1. The highest BCUT2D eigenvalue weighted by Crippen LogP contribution is 2.45. The highest BCUT2D eigenvalue weighted by atomic mass is 31.2. The number of aliphatic hydroxyl groups is 1. The van der Waals surface area contributed by atoms with E-state index in [2.05, 4.69) is 41.5 Å². The molecular weight excluding hydrogens is 1270 g/mol. The van der Waals surface area contributed by atoms with Crippen LogP contribution in [-0.4, -0.2) is 96.7 Å². The highest BCUT2D eigenvalue weighted by Gasteiger charge is 2.30. The summed E-state index contributed by atoms with van der Waals surface area (Å²) in [6, 6.07) is 0. The molecule has 3 unspecified atom stereocenters. The van der Waals surface area contributed by atoms with Gasteiger partial charge in [0.15, 0.2) is 12.2 Å². The quantitative estimate of drug-likeness (QED) is 0.0222. The third kappa shape index (κ3) is 70.9. The second kappa shape index (κ2) is 69.8. The summed E-state index contributed by atoms with van der Waals surface area (Å²) in [5.74, 6) is -0.430. The molecule has 0 aliphatic rings. The summed E-state index contributed by atoms with van der Waals surface area (Å²) in [7, 11) is -9.90. The Bertz CT molecular complexity index is 1870. The Morgan fingerprint density at radius 2 is 0.526 bits per heavy atom. The zero-order valence-corrected chi connectivity index (χ0v) is 65.2. The minimum atomic E-state index is -4.96. The largest absolute Gasteiger partial charge is 0.472 e. The maximum Gasteiger partial charge on any atom is 0.472 e. The summed E-state index contributed by atoms with van der Waals surface area (Å²) < 4.78 is 68.3. The van der Waals surface area contributed by atoms with Crippen molar-refractivity contribution >= 4 is 39.5 Å². The van der Waals surface area contributed by atoms with E-state index in [9.17, 15) is 43.2 Å². The SMILES string of the molecule is CCCCCCCCCC(=O)OC[C@H](COP(=O)(O)OC[C@H](O)COP(=O)(O)OC[C@@H](COC(=O)CCCCCCCCCCCCCCCCCCCCC(C)C)OC(=O)CCCCCCCCCCCCCCCCCCCCC(C)CC)OC(=O)CCCCCCCCC. The molecule has 0 aromatic carbocycles. The van der Waals surface area contributed by atoms with Gasteiger partial charge in [-0.25, -0.2) is 9.13 Å². The van der Waals surface area contributed by atoms with Crippen molar-refractivity contribution in [3.05, 3.63) is 0 Å². The normalized spacial score (nSPS) is 14.2. The lowest BCUT2D eigenvalue weighted by Gasteiger charge is -2.21. The van der Waals surface area contributed by atoms with Crippen LogP contribution in [-0.2, 0) is 65.4 Å². The van der Waals surface area contributed by atoms with Gasteiger partial charge in [0.1, 0.15) is 19.3 Å². The first-order chi connectivity index (χ1) is 46.9. The number of esters is 4. The van der Waals surface area contributed by atoms with Gasteiger partial charge in [0.25, 0.3) is 0 Å². The molecule has 17 nitrogen and oxygen atoms in total. The second-order valence-corrected chi connectivity index (χ2v) is 31.7. The molecule has 0 amide bonds. The lowest BCUT2D eigenvalue weighted by molar-refractivity contribution is -0.161. The summed E-state index contributed by atoms with van der Waals surface area (Å²) in [5.41, 5.74) is 0. The van der Waals surface area contributed by atoms with Gasteiger partial charge in [-0.05, 0) is 37.5 Å². The number of carbonyl (C=O) groups excluding carboxylic acids is 4. The number of ether oxygens (including phenoxy) is 4. The number of phosphoric ester groups is 2. The number of unbranched alkanes of at least 4 members (excludes halogenated alkanes) is 46. The van der Waals surface area contributed by atoms with Crippen LogP contribution >= 0.6 is 15.6 Å². The first kappa shape index (κ1) is 95.1. The molecule has 0 aliphatic carbocycles. The first-order valence-electron chi connectivity index (χ1n) is 40.5. The molecule has 0 bridgehead atoms. The zero-order valence-electron chi connectivity index (χ0n) is 63.4. The van der Waals surface area contributed by atoms with Crippen LogP contribution in [0.15, 0.2) is 0 Å². The Balaban J connectivity index is 5.08. The molecule has 0 saturated heterocycles. The van der Waals surface area contributed by atoms with Crippen LogP contribution in [0.2, 0.25) is 0 Å². The minimum absolute atomic E-state index is 0.104. The molecular formula is C78H152O17P2. The smallest absolute Gasteiger partial charge is 0.462 e. The van der Waals surface area contributed by atoms with E-state index in [-0.39, 0.29) is 25.7 Å². The van der Waals surface area contributed by atoms with E-state index in [4.69, 9.17) is 37.0 Å². The van der Waals surface area contributed by atoms with E-state index in [0.717, 1.165) is 127 Å². The maximum atomic E-state index is 13.1. The Morgan fingerprint density at radius 1 is 0.299 bits per heavy atom. The minimum Gasteiger partial charge on any atom is -0.462 e. The van der Waals surface area contributed by atoms with Gasteiger partial charge in [-0.2, -0.15) is 0 Å². The monoisotopic (exact) mass is 1420 g/mol. The van der Waals surface area contributed by atoms with Crippen LogP contribution in [0, 0.1) is 11.8 Å². The predicted molar refractivity (Wildman–Crippen MR) is 395 cm³/mol. The van der Waals surface area contributed by atoms with Crippen LogP contribution < -0.4 is 0 Å². The number of rotatable bonds is 77. The summed E-state index contributed by atoms with van der Waals surface area (Å²) >= 11 is 0. The van der Waals surface area contributed by atoms with Crippen molar-refractivity contribution in [2.24, 2.45) is 11.8 Å². The Labute approximate surface area is 594 Å². The molecule has 0 aliphatic heterocycles. The molecule has 0 spiro atoms. The molecule has 6 atom stereocenters. The third-order valence-electron chi connectivity index (χ3n) is 18.6. The molecule has 3 N–H and O–H groups in total. The Hall–Kier alpha value is -1.94. The van der Waals surface area contributed by atoms with Crippen LogP contribution in [0.3, 0.4) is 0 Å². The number of hydrogen-bond donors (Lipinski definition) is 3. The number of hydrogen-bond acceptors (Lipinski definition) is 15. The van der Waals surface area contributed by atoms with Crippen LogP contribution in [0.25, 0.3) is 0 Å². The molecule has 0 rings (SSSR count). The van der Waals surface area contributed by atoms with Crippen LogP contribution in [0.5, 0.6) is 0 Å². The van der Waals surface area contributed by atoms with E-state index >= 15 is 0 Å². The van der Waals surface area contributed by atoms with Gasteiger partial charge in [-0.15, -0.1) is 0 Å². The molecule has 576 valence electrons. The zero-order chi connectivity index (χ0) is 71.4. The topological polar surface area (TPSA) is 237 Å². The van der Waals surface area contributed by atoms with Crippen molar-refractivity contribution in [3.63, 3.8) is 0 Å². The van der Waals surface area contributed by atoms with Crippen molar-refractivity contribution in [2.45, 2.75) is 426 Å². The maximum absolute atomic E-state index is 13.1.